The van der Waals surface area contributed by atoms with Gasteiger partial charge in [-0.1, -0.05) is 12.1 Å². The minimum absolute atomic E-state index is 0.0220. The van der Waals surface area contributed by atoms with Crippen molar-refractivity contribution in [3.63, 3.8) is 0 Å². The van der Waals surface area contributed by atoms with Crippen LogP contribution in [0.2, 0.25) is 0 Å². The number of sulfonamides is 1. The van der Waals surface area contributed by atoms with E-state index in [9.17, 15) is 18.0 Å². The summed E-state index contributed by atoms with van der Waals surface area (Å²) in [7, 11) is -3.70. The van der Waals surface area contributed by atoms with E-state index >= 15 is 0 Å². The molecule has 0 radical (unpaired) electrons. The van der Waals surface area contributed by atoms with Crippen molar-refractivity contribution in [3.8, 4) is 0 Å². The summed E-state index contributed by atoms with van der Waals surface area (Å²) in [5.41, 5.74) is 0.909. The molecule has 28 heavy (non-hydrogen) atoms. The maximum Gasteiger partial charge on any atom is 0.289 e. The van der Waals surface area contributed by atoms with Crippen molar-refractivity contribution in [1.29, 1.82) is 0 Å². The Morgan fingerprint density at radius 1 is 1.14 bits per heavy atom. The summed E-state index contributed by atoms with van der Waals surface area (Å²) < 4.78 is 27.6. The average molecular weight is 405 g/mol. The Labute approximate surface area is 163 Å². The number of hydrogen-bond acceptors (Lipinski definition) is 5. The fourth-order valence-corrected chi connectivity index (χ4v) is 3.74. The molecule has 1 aromatic carbocycles. The number of nitrogens with zero attached hydrogens (tertiary/aromatic N) is 1. The number of benzene rings is 1. The molecule has 1 fully saturated rings. The Kier molecular flexibility index (Phi) is 6.15. The van der Waals surface area contributed by atoms with Gasteiger partial charge in [0.05, 0.1) is 11.2 Å². The molecule has 1 aliphatic heterocycles. The number of rotatable bonds is 6. The normalized spacial score (nSPS) is 15.4. The molecule has 1 aromatic heterocycles. The summed E-state index contributed by atoms with van der Waals surface area (Å²) in [6, 6.07) is 9.60. The molecule has 0 spiro atoms. The lowest BCUT2D eigenvalue weighted by Gasteiger charge is -2.30. The number of amides is 2. The predicted molar refractivity (Wildman–Crippen MR) is 102 cm³/mol. The molecule has 9 heteroatoms. The third kappa shape index (κ3) is 4.99. The first kappa shape index (κ1) is 20.1. The third-order valence-electron chi connectivity index (χ3n) is 4.85. The smallest absolute Gasteiger partial charge is 0.289 e. The quantitative estimate of drug-likeness (QED) is 0.746. The fourth-order valence-electron chi connectivity index (χ4n) is 3.22. The van der Waals surface area contributed by atoms with E-state index in [4.69, 9.17) is 9.56 Å². The van der Waals surface area contributed by atoms with Crippen molar-refractivity contribution in [2.45, 2.75) is 24.2 Å². The van der Waals surface area contributed by atoms with E-state index in [2.05, 4.69) is 5.32 Å². The first-order valence-electron chi connectivity index (χ1n) is 9.07. The maximum atomic E-state index is 12.4. The summed E-state index contributed by atoms with van der Waals surface area (Å²) in [5, 5.41) is 7.98. The van der Waals surface area contributed by atoms with Gasteiger partial charge in [0.2, 0.25) is 15.9 Å². The van der Waals surface area contributed by atoms with E-state index in [1.807, 2.05) is 0 Å². The summed E-state index contributed by atoms with van der Waals surface area (Å²) in [6.07, 6.45) is 3.28. The molecule has 150 valence electrons. The largest absolute Gasteiger partial charge is 0.459 e. The van der Waals surface area contributed by atoms with Crippen molar-refractivity contribution in [3.05, 3.63) is 54.0 Å². The molecular formula is C19H23N3O5S. The number of nitrogens with one attached hydrogen (secondary N) is 1. The zero-order chi connectivity index (χ0) is 20.1. The Morgan fingerprint density at radius 2 is 1.82 bits per heavy atom. The number of likely N-dealkylation sites (tertiary alicyclic amines) is 1. The topological polar surface area (TPSA) is 123 Å². The molecule has 1 aliphatic rings. The van der Waals surface area contributed by atoms with Crippen LogP contribution in [0, 0.1) is 5.92 Å². The van der Waals surface area contributed by atoms with E-state index < -0.39 is 10.0 Å². The van der Waals surface area contributed by atoms with Crippen LogP contribution in [0.4, 0.5) is 0 Å². The second kappa shape index (κ2) is 8.57. The predicted octanol–water partition coefficient (Wildman–Crippen LogP) is 1.14. The molecule has 2 heterocycles. The SMILES string of the molecule is NS(=O)(=O)c1ccc(CCNC(=O)C2CCN(C(=O)c3ccco3)CC2)cc1. The Hall–Kier alpha value is -2.65. The molecule has 0 bridgehead atoms. The van der Waals surface area contributed by atoms with Crippen molar-refractivity contribution in [2.24, 2.45) is 11.1 Å². The highest BCUT2D eigenvalue weighted by Crippen LogP contribution is 2.19. The number of furan rings is 1. The van der Waals surface area contributed by atoms with Crippen LogP contribution in [0.25, 0.3) is 0 Å². The second-order valence-corrected chi connectivity index (χ2v) is 8.34. The zero-order valence-electron chi connectivity index (χ0n) is 15.3. The number of primary sulfonamides is 1. The lowest BCUT2D eigenvalue weighted by Crippen LogP contribution is -2.43. The third-order valence-corrected chi connectivity index (χ3v) is 5.78. The Bertz CT molecular complexity index is 915. The Morgan fingerprint density at radius 3 is 2.39 bits per heavy atom. The monoisotopic (exact) mass is 405 g/mol. The van der Waals surface area contributed by atoms with Crippen molar-refractivity contribution in [2.75, 3.05) is 19.6 Å². The number of piperidine rings is 1. The van der Waals surface area contributed by atoms with Crippen LogP contribution in [0.5, 0.6) is 0 Å². The molecule has 1 saturated heterocycles. The van der Waals surface area contributed by atoms with Gasteiger partial charge in [0.25, 0.3) is 5.91 Å². The van der Waals surface area contributed by atoms with Gasteiger partial charge in [-0.15, -0.1) is 0 Å². The van der Waals surface area contributed by atoms with Crippen molar-refractivity contribution < 1.29 is 22.4 Å². The van der Waals surface area contributed by atoms with Crippen LogP contribution in [0.15, 0.2) is 52.0 Å². The first-order chi connectivity index (χ1) is 13.3. The van der Waals surface area contributed by atoms with Gasteiger partial charge in [0.1, 0.15) is 0 Å². The highest BCUT2D eigenvalue weighted by molar-refractivity contribution is 7.89. The van der Waals surface area contributed by atoms with E-state index in [0.717, 1.165) is 5.56 Å². The van der Waals surface area contributed by atoms with Gasteiger partial charge in [-0.3, -0.25) is 9.59 Å². The van der Waals surface area contributed by atoms with E-state index in [1.165, 1.54) is 18.4 Å². The molecule has 2 aromatic rings. The summed E-state index contributed by atoms with van der Waals surface area (Å²) >= 11 is 0. The van der Waals surface area contributed by atoms with Crippen LogP contribution < -0.4 is 10.5 Å². The minimum atomic E-state index is -3.70. The molecule has 8 nitrogen and oxygen atoms in total. The lowest BCUT2D eigenvalue weighted by atomic mass is 9.95. The molecule has 0 atom stereocenters. The van der Waals surface area contributed by atoms with Gasteiger partial charge in [0.15, 0.2) is 5.76 Å². The molecular weight excluding hydrogens is 382 g/mol. The van der Waals surface area contributed by atoms with Gasteiger partial charge in [-0.05, 0) is 49.1 Å². The summed E-state index contributed by atoms with van der Waals surface area (Å²) in [5.74, 6) is 0.0276. The number of hydrogen-bond donors (Lipinski definition) is 2. The van der Waals surface area contributed by atoms with E-state index in [1.54, 1.807) is 29.2 Å². The van der Waals surface area contributed by atoms with Gasteiger partial charge < -0.3 is 14.6 Å². The summed E-state index contributed by atoms with van der Waals surface area (Å²) in [6.45, 7) is 1.50. The van der Waals surface area contributed by atoms with Gasteiger partial charge in [-0.2, -0.15) is 0 Å². The van der Waals surface area contributed by atoms with Crippen LogP contribution in [-0.2, 0) is 21.2 Å². The van der Waals surface area contributed by atoms with E-state index in [-0.39, 0.29) is 22.6 Å². The fraction of sp³-hybridized carbons (Fsp3) is 0.368. The maximum absolute atomic E-state index is 12.4. The molecule has 3 rings (SSSR count). The molecule has 3 N–H and O–H groups in total. The number of carbonyl (C=O) groups excluding carboxylic acids is 2. The first-order valence-corrected chi connectivity index (χ1v) is 10.6. The standard InChI is InChI=1S/C19H23N3O5S/c20-28(25,26)16-5-3-14(4-6-16)7-10-21-18(23)15-8-11-22(12-9-15)19(24)17-2-1-13-27-17/h1-6,13,15H,7-12H2,(H,21,23)(H2,20,25,26). The van der Waals surface area contributed by atoms with Crippen molar-refractivity contribution in [1.82, 2.24) is 10.2 Å². The molecule has 0 unspecified atom stereocenters. The van der Waals surface area contributed by atoms with Crippen molar-refractivity contribution >= 4 is 21.8 Å². The number of carbonyl (C=O) groups is 2. The highest BCUT2D eigenvalue weighted by Gasteiger charge is 2.28. The number of nitrogens with two attached hydrogens (primary N) is 1. The van der Waals surface area contributed by atoms with Gasteiger partial charge in [-0.25, -0.2) is 13.6 Å². The minimum Gasteiger partial charge on any atom is -0.459 e. The van der Waals surface area contributed by atoms with Crippen LogP contribution >= 0.6 is 0 Å². The summed E-state index contributed by atoms with van der Waals surface area (Å²) in [4.78, 5) is 26.4. The molecule has 0 aliphatic carbocycles. The van der Waals surface area contributed by atoms with Gasteiger partial charge >= 0.3 is 0 Å². The molecule has 0 saturated carbocycles. The van der Waals surface area contributed by atoms with Crippen LogP contribution in [0.1, 0.15) is 29.0 Å². The highest BCUT2D eigenvalue weighted by atomic mass is 32.2. The molecule has 2 amide bonds. The van der Waals surface area contributed by atoms with E-state index in [0.29, 0.717) is 44.7 Å². The lowest BCUT2D eigenvalue weighted by molar-refractivity contribution is -0.126. The van der Waals surface area contributed by atoms with Crippen LogP contribution in [0.3, 0.4) is 0 Å². The van der Waals surface area contributed by atoms with Gasteiger partial charge in [0, 0.05) is 25.6 Å². The van der Waals surface area contributed by atoms with Crippen LogP contribution in [-0.4, -0.2) is 44.8 Å². The average Bonchev–Trinajstić information content (AvgIpc) is 3.22. The Balaban J connectivity index is 1.42. The zero-order valence-corrected chi connectivity index (χ0v) is 16.2. The second-order valence-electron chi connectivity index (χ2n) is 6.77.